The number of benzene rings is 1. The molecule has 1 heterocycles. The standard InChI is InChI=1S/C15H16N4O3/c1-2-21-14(20)11-5-3-10(4-6-11)13-8-7-12(22-13)9-18-19-15(16)17/h3-9H,2H2,1H3,(H4,16,17,19)/p+1/b18-9+. The first-order valence-electron chi connectivity index (χ1n) is 6.65. The third kappa shape index (κ3) is 3.95. The molecule has 0 atom stereocenters. The first kappa shape index (κ1) is 15.3. The number of hydrazone groups is 1. The second-order valence-corrected chi connectivity index (χ2v) is 4.31. The van der Waals surface area contributed by atoms with Gasteiger partial charge in [-0.25, -0.2) is 4.79 Å². The Balaban J connectivity index is 2.12. The second kappa shape index (κ2) is 7.07. The number of carbonyl (C=O) groups excluding carboxylic acids is 1. The van der Waals surface area contributed by atoms with Gasteiger partial charge < -0.3 is 20.6 Å². The lowest BCUT2D eigenvalue weighted by Crippen LogP contribution is -2.63. The van der Waals surface area contributed by atoms with Crippen LogP contribution in [0.4, 0.5) is 0 Å². The molecule has 0 fully saturated rings. The summed E-state index contributed by atoms with van der Waals surface area (Å²) in [6.45, 7) is 2.12. The van der Waals surface area contributed by atoms with Gasteiger partial charge in [-0.2, -0.15) is 0 Å². The summed E-state index contributed by atoms with van der Waals surface area (Å²) in [6.07, 6.45) is 1.52. The molecule has 22 heavy (non-hydrogen) atoms. The van der Waals surface area contributed by atoms with E-state index >= 15 is 0 Å². The van der Waals surface area contributed by atoms with Crippen LogP contribution < -0.4 is 16.6 Å². The number of guanidine groups is 1. The fourth-order valence-electron chi connectivity index (χ4n) is 1.74. The van der Waals surface area contributed by atoms with Crippen LogP contribution >= 0.6 is 0 Å². The van der Waals surface area contributed by atoms with Gasteiger partial charge in [-0.3, -0.25) is 0 Å². The average molecular weight is 301 g/mol. The molecule has 0 bridgehead atoms. The third-order valence-corrected chi connectivity index (χ3v) is 2.71. The molecule has 0 unspecified atom stereocenters. The maximum absolute atomic E-state index is 11.6. The first-order valence-corrected chi connectivity index (χ1v) is 6.65. The molecule has 5 N–H and O–H groups in total. The van der Waals surface area contributed by atoms with E-state index in [4.69, 9.17) is 20.6 Å². The first-order chi connectivity index (χ1) is 10.6. The molecule has 2 aromatic rings. The second-order valence-electron chi connectivity index (χ2n) is 4.31. The number of nitrogens with one attached hydrogen (secondary N) is 1. The van der Waals surface area contributed by atoms with E-state index in [9.17, 15) is 4.79 Å². The molecule has 0 aliphatic carbocycles. The molecule has 114 valence electrons. The minimum Gasteiger partial charge on any atom is -0.462 e. The largest absolute Gasteiger partial charge is 0.462 e. The van der Waals surface area contributed by atoms with E-state index in [0.717, 1.165) is 5.56 Å². The Labute approximate surface area is 127 Å². The summed E-state index contributed by atoms with van der Waals surface area (Å²) in [6, 6.07) is 10.5. The van der Waals surface area contributed by atoms with Gasteiger partial charge in [0.05, 0.1) is 12.2 Å². The van der Waals surface area contributed by atoms with Crippen LogP contribution in [-0.2, 0) is 4.74 Å². The Morgan fingerprint density at radius 2 is 2.00 bits per heavy atom. The highest BCUT2D eigenvalue weighted by atomic mass is 16.5. The van der Waals surface area contributed by atoms with Gasteiger partial charge in [-0.1, -0.05) is 17.2 Å². The highest BCUT2D eigenvalue weighted by Crippen LogP contribution is 2.22. The minimum absolute atomic E-state index is 0.0717. The van der Waals surface area contributed by atoms with Crippen molar-refractivity contribution in [3.05, 3.63) is 47.7 Å². The van der Waals surface area contributed by atoms with Gasteiger partial charge >= 0.3 is 5.97 Å². The number of hydrogen-bond donors (Lipinski definition) is 3. The number of nitrogens with two attached hydrogens (primary N) is 2. The van der Waals surface area contributed by atoms with Gasteiger partial charge in [0.25, 0.3) is 5.96 Å². The fourth-order valence-corrected chi connectivity index (χ4v) is 1.74. The summed E-state index contributed by atoms with van der Waals surface area (Å²) in [5.41, 5.74) is 11.7. The predicted molar refractivity (Wildman–Crippen MR) is 82.0 cm³/mol. The van der Waals surface area contributed by atoms with E-state index in [1.54, 1.807) is 37.3 Å². The summed E-state index contributed by atoms with van der Waals surface area (Å²) in [5, 5.41) is 6.17. The van der Waals surface area contributed by atoms with Crippen molar-refractivity contribution in [2.24, 2.45) is 16.6 Å². The van der Waals surface area contributed by atoms with Crippen LogP contribution in [0.15, 0.2) is 45.9 Å². The molecule has 0 aliphatic rings. The summed E-state index contributed by atoms with van der Waals surface area (Å²) in [4.78, 5) is 11.6. The average Bonchev–Trinajstić information content (AvgIpc) is 2.96. The van der Waals surface area contributed by atoms with Gasteiger partial charge in [0, 0.05) is 10.7 Å². The summed E-state index contributed by atoms with van der Waals surface area (Å²) in [7, 11) is 0. The van der Waals surface area contributed by atoms with Gasteiger partial charge in [-0.15, -0.1) is 0 Å². The number of esters is 1. The van der Waals surface area contributed by atoms with Gasteiger partial charge in [0.1, 0.15) is 5.76 Å². The highest BCUT2D eigenvalue weighted by molar-refractivity contribution is 5.90. The molecule has 0 radical (unpaired) electrons. The zero-order chi connectivity index (χ0) is 15.9. The zero-order valence-electron chi connectivity index (χ0n) is 12.1. The number of carbonyl (C=O) groups is 1. The normalized spacial score (nSPS) is 10.6. The Morgan fingerprint density at radius 3 is 2.64 bits per heavy atom. The molecule has 1 aromatic carbocycles. The van der Waals surface area contributed by atoms with Crippen molar-refractivity contribution in [2.75, 3.05) is 6.61 Å². The van der Waals surface area contributed by atoms with Crippen molar-refractivity contribution in [1.29, 1.82) is 0 Å². The van der Waals surface area contributed by atoms with Crippen molar-refractivity contribution >= 4 is 18.1 Å². The van der Waals surface area contributed by atoms with Crippen molar-refractivity contribution in [2.45, 2.75) is 6.92 Å². The summed E-state index contributed by atoms with van der Waals surface area (Å²) < 4.78 is 10.5. The summed E-state index contributed by atoms with van der Waals surface area (Å²) >= 11 is 0. The van der Waals surface area contributed by atoms with Crippen LogP contribution in [-0.4, -0.2) is 24.8 Å². The third-order valence-electron chi connectivity index (χ3n) is 2.71. The quantitative estimate of drug-likeness (QED) is 0.306. The molecule has 7 nitrogen and oxygen atoms in total. The highest BCUT2D eigenvalue weighted by Gasteiger charge is 2.08. The van der Waals surface area contributed by atoms with Crippen LogP contribution in [0.5, 0.6) is 0 Å². The van der Waals surface area contributed by atoms with E-state index in [1.807, 2.05) is 6.07 Å². The number of nitrogens with zero attached hydrogens (tertiary/aromatic N) is 1. The maximum atomic E-state index is 11.6. The number of furan rings is 1. The molecule has 0 saturated carbocycles. The smallest absolute Gasteiger partial charge is 0.338 e. The molecular formula is C15H17N4O3+. The Kier molecular flexibility index (Phi) is 4.92. The predicted octanol–water partition coefficient (Wildman–Crippen LogP) is -0.189. The van der Waals surface area contributed by atoms with Crippen LogP contribution in [0.25, 0.3) is 11.3 Å². The van der Waals surface area contributed by atoms with Crippen molar-refractivity contribution in [3.63, 3.8) is 0 Å². The lowest BCUT2D eigenvalue weighted by atomic mass is 10.1. The van der Waals surface area contributed by atoms with Crippen molar-refractivity contribution in [3.8, 4) is 11.3 Å². The lowest BCUT2D eigenvalue weighted by Gasteiger charge is -2.02. The van der Waals surface area contributed by atoms with E-state index in [1.165, 1.54) is 6.21 Å². The molecule has 7 heteroatoms. The van der Waals surface area contributed by atoms with Crippen LogP contribution in [0.1, 0.15) is 23.0 Å². The molecule has 1 aromatic heterocycles. The monoisotopic (exact) mass is 301 g/mol. The molecule has 0 spiro atoms. The Morgan fingerprint density at radius 1 is 1.27 bits per heavy atom. The molecule has 0 aliphatic heterocycles. The zero-order valence-corrected chi connectivity index (χ0v) is 12.1. The molecule has 0 amide bonds. The van der Waals surface area contributed by atoms with Crippen LogP contribution in [0, 0.1) is 0 Å². The van der Waals surface area contributed by atoms with Crippen LogP contribution in [0.2, 0.25) is 0 Å². The number of ether oxygens (including phenoxy) is 1. The van der Waals surface area contributed by atoms with E-state index in [2.05, 4.69) is 10.2 Å². The fraction of sp³-hybridized carbons (Fsp3) is 0.133. The summed E-state index contributed by atoms with van der Waals surface area (Å²) in [5.74, 6) is 0.809. The SMILES string of the molecule is CCOC(=O)c1ccc(-c2ccc(/C=[NH+]/N=C(N)N)o2)cc1. The Bertz CT molecular complexity index is 698. The van der Waals surface area contributed by atoms with Gasteiger partial charge in [0.2, 0.25) is 6.21 Å². The molecule has 2 rings (SSSR count). The van der Waals surface area contributed by atoms with Gasteiger partial charge in [0.15, 0.2) is 5.76 Å². The topological polar surface area (TPSA) is 118 Å². The van der Waals surface area contributed by atoms with E-state index in [0.29, 0.717) is 23.7 Å². The molecular weight excluding hydrogens is 284 g/mol. The van der Waals surface area contributed by atoms with E-state index < -0.39 is 0 Å². The minimum atomic E-state index is -0.344. The number of rotatable bonds is 5. The lowest BCUT2D eigenvalue weighted by molar-refractivity contribution is -0.457. The van der Waals surface area contributed by atoms with Gasteiger partial charge in [-0.05, 0) is 31.2 Å². The number of hydrogen-bond acceptors (Lipinski definition) is 4. The van der Waals surface area contributed by atoms with Crippen molar-refractivity contribution < 1.29 is 19.0 Å². The van der Waals surface area contributed by atoms with Crippen molar-refractivity contribution in [1.82, 2.24) is 0 Å². The Hall–Kier alpha value is -3.09. The van der Waals surface area contributed by atoms with Crippen LogP contribution in [0.3, 0.4) is 0 Å². The maximum Gasteiger partial charge on any atom is 0.338 e. The molecule has 0 saturated heterocycles. The van der Waals surface area contributed by atoms with E-state index in [-0.39, 0.29) is 11.9 Å².